The van der Waals surface area contributed by atoms with E-state index in [4.69, 9.17) is 5.73 Å². The lowest BCUT2D eigenvalue weighted by molar-refractivity contribution is 0.271. The first kappa shape index (κ1) is 14.3. The third-order valence-electron chi connectivity index (χ3n) is 3.05. The molecule has 0 radical (unpaired) electrons. The second-order valence-electron chi connectivity index (χ2n) is 4.28. The van der Waals surface area contributed by atoms with Crippen LogP contribution in [0.25, 0.3) is 0 Å². The van der Waals surface area contributed by atoms with Gasteiger partial charge in [0.2, 0.25) is 10.0 Å². The Morgan fingerprint density at radius 2 is 2.16 bits per heavy atom. The summed E-state index contributed by atoms with van der Waals surface area (Å²) >= 11 is 0. The fraction of sp³-hybridized carbons (Fsp3) is 0.455. The van der Waals surface area contributed by atoms with Crippen molar-refractivity contribution in [3.05, 3.63) is 29.8 Å². The van der Waals surface area contributed by atoms with Crippen molar-refractivity contribution in [1.82, 2.24) is 9.62 Å². The summed E-state index contributed by atoms with van der Waals surface area (Å²) in [5.41, 5.74) is 5.53. The molecule has 0 bridgehead atoms. The molecule has 3 N–H and O–H groups in total. The molecule has 0 spiro atoms. The molecule has 1 aromatic carbocycles. The normalized spacial score (nSPS) is 21.5. The van der Waals surface area contributed by atoms with Crippen LogP contribution in [0, 0.1) is 11.6 Å². The molecule has 1 aliphatic heterocycles. The fourth-order valence-electron chi connectivity index (χ4n) is 2.07. The first-order chi connectivity index (χ1) is 8.96. The highest BCUT2D eigenvalue weighted by Gasteiger charge is 2.34. The number of hydrogen-bond acceptors (Lipinski definition) is 4. The fourth-order valence-corrected chi connectivity index (χ4v) is 3.75. The van der Waals surface area contributed by atoms with Crippen LogP contribution in [0.3, 0.4) is 0 Å². The van der Waals surface area contributed by atoms with Crippen LogP contribution >= 0.6 is 0 Å². The third kappa shape index (κ3) is 2.76. The van der Waals surface area contributed by atoms with E-state index < -0.39 is 32.6 Å². The van der Waals surface area contributed by atoms with E-state index >= 15 is 0 Å². The third-order valence-corrected chi connectivity index (χ3v) is 5.03. The predicted octanol–water partition coefficient (Wildman–Crippen LogP) is -0.114. The molecule has 106 valence electrons. The van der Waals surface area contributed by atoms with Crippen LogP contribution in [0.2, 0.25) is 0 Å². The van der Waals surface area contributed by atoms with E-state index in [9.17, 15) is 17.2 Å². The lowest BCUT2D eigenvalue weighted by Gasteiger charge is -2.34. The van der Waals surface area contributed by atoms with Crippen molar-refractivity contribution in [1.29, 1.82) is 0 Å². The van der Waals surface area contributed by atoms with Crippen LogP contribution in [-0.2, 0) is 10.0 Å². The minimum absolute atomic E-state index is 0.134. The summed E-state index contributed by atoms with van der Waals surface area (Å²) < 4.78 is 52.4. The zero-order chi connectivity index (χ0) is 14.0. The zero-order valence-electron chi connectivity index (χ0n) is 10.1. The van der Waals surface area contributed by atoms with Crippen molar-refractivity contribution in [2.75, 3.05) is 26.2 Å². The van der Waals surface area contributed by atoms with Crippen LogP contribution in [0.5, 0.6) is 0 Å². The molecule has 1 atom stereocenters. The van der Waals surface area contributed by atoms with Gasteiger partial charge in [-0.3, -0.25) is 0 Å². The van der Waals surface area contributed by atoms with Gasteiger partial charge < -0.3 is 11.1 Å². The molecule has 1 aromatic rings. The average molecular weight is 291 g/mol. The maximum Gasteiger partial charge on any atom is 0.246 e. The molecule has 5 nitrogen and oxygen atoms in total. The number of nitrogens with zero attached hydrogens (tertiary/aromatic N) is 1. The molecule has 2 rings (SSSR count). The Morgan fingerprint density at radius 3 is 2.79 bits per heavy atom. The Morgan fingerprint density at radius 1 is 1.42 bits per heavy atom. The summed E-state index contributed by atoms with van der Waals surface area (Å²) in [7, 11) is -4.00. The molecule has 1 unspecified atom stereocenters. The van der Waals surface area contributed by atoms with E-state index in [2.05, 4.69) is 5.32 Å². The Bertz CT molecular complexity index is 565. The smallest absolute Gasteiger partial charge is 0.246 e. The second-order valence-corrected chi connectivity index (χ2v) is 6.14. The number of nitrogens with two attached hydrogens (primary N) is 1. The molecule has 0 aromatic heterocycles. The number of benzene rings is 1. The second kappa shape index (κ2) is 5.49. The summed E-state index contributed by atoms with van der Waals surface area (Å²) in [6.45, 7) is 1.23. The lowest BCUT2D eigenvalue weighted by atomic mass is 10.2. The van der Waals surface area contributed by atoms with Crippen molar-refractivity contribution >= 4 is 10.0 Å². The van der Waals surface area contributed by atoms with Crippen molar-refractivity contribution in [2.45, 2.75) is 10.9 Å². The van der Waals surface area contributed by atoms with Crippen LogP contribution in [-0.4, -0.2) is 44.9 Å². The average Bonchev–Trinajstić information content (AvgIpc) is 2.38. The highest BCUT2D eigenvalue weighted by atomic mass is 32.2. The van der Waals surface area contributed by atoms with Gasteiger partial charge in [0.25, 0.3) is 0 Å². The number of piperazine rings is 1. The molecular weight excluding hydrogens is 276 g/mol. The standard InChI is InChI=1S/C11H15F2N3O2S/c12-8-1-2-11(10(13)5-8)19(17,18)16-4-3-15-7-9(16)6-14/h1-2,5,9,15H,3-4,6-7,14H2. The molecule has 1 saturated heterocycles. The van der Waals surface area contributed by atoms with Crippen LogP contribution in [0.1, 0.15) is 0 Å². The van der Waals surface area contributed by atoms with E-state index in [1.54, 1.807) is 0 Å². The Kier molecular flexibility index (Phi) is 4.14. The first-order valence-corrected chi connectivity index (χ1v) is 7.28. The summed E-state index contributed by atoms with van der Waals surface area (Å²) in [5.74, 6) is -1.90. The molecule has 0 aliphatic carbocycles. The molecule has 1 fully saturated rings. The summed E-state index contributed by atoms with van der Waals surface area (Å²) in [4.78, 5) is -0.519. The Balaban J connectivity index is 2.40. The largest absolute Gasteiger partial charge is 0.329 e. The predicted molar refractivity (Wildman–Crippen MR) is 66.0 cm³/mol. The van der Waals surface area contributed by atoms with E-state index in [1.807, 2.05) is 0 Å². The van der Waals surface area contributed by atoms with Gasteiger partial charge in [0.05, 0.1) is 0 Å². The molecular formula is C11H15F2N3O2S. The Hall–Kier alpha value is -1.09. The monoisotopic (exact) mass is 291 g/mol. The molecule has 0 saturated carbocycles. The van der Waals surface area contributed by atoms with Crippen molar-refractivity contribution < 1.29 is 17.2 Å². The van der Waals surface area contributed by atoms with Gasteiger partial charge in [0.15, 0.2) is 0 Å². The number of nitrogens with one attached hydrogen (secondary N) is 1. The van der Waals surface area contributed by atoms with E-state index in [1.165, 1.54) is 4.31 Å². The summed E-state index contributed by atoms with van der Waals surface area (Å²) in [5, 5.41) is 3.02. The summed E-state index contributed by atoms with van der Waals surface area (Å²) in [6, 6.07) is 2.00. The van der Waals surface area contributed by atoms with E-state index in [-0.39, 0.29) is 13.1 Å². The number of hydrogen-bond donors (Lipinski definition) is 2. The summed E-state index contributed by atoms with van der Waals surface area (Å²) in [6.07, 6.45) is 0. The molecule has 1 heterocycles. The molecule has 0 amide bonds. The van der Waals surface area contributed by atoms with Crippen molar-refractivity contribution in [2.24, 2.45) is 5.73 Å². The van der Waals surface area contributed by atoms with Gasteiger partial charge in [0, 0.05) is 38.3 Å². The molecule has 8 heteroatoms. The van der Waals surface area contributed by atoms with Gasteiger partial charge in [-0.25, -0.2) is 17.2 Å². The first-order valence-electron chi connectivity index (χ1n) is 5.84. The minimum atomic E-state index is -4.00. The quantitative estimate of drug-likeness (QED) is 0.814. The maximum absolute atomic E-state index is 13.6. The van der Waals surface area contributed by atoms with Gasteiger partial charge in [0.1, 0.15) is 16.5 Å². The topological polar surface area (TPSA) is 75.4 Å². The van der Waals surface area contributed by atoms with Gasteiger partial charge in [-0.15, -0.1) is 0 Å². The minimum Gasteiger partial charge on any atom is -0.329 e. The molecule has 1 aliphatic rings. The van der Waals surface area contributed by atoms with Gasteiger partial charge in [-0.05, 0) is 12.1 Å². The molecule has 19 heavy (non-hydrogen) atoms. The SMILES string of the molecule is NCC1CNCCN1S(=O)(=O)c1ccc(F)cc1F. The lowest BCUT2D eigenvalue weighted by Crippen LogP contribution is -2.56. The highest BCUT2D eigenvalue weighted by molar-refractivity contribution is 7.89. The maximum atomic E-state index is 13.6. The number of rotatable bonds is 3. The van der Waals surface area contributed by atoms with Gasteiger partial charge in [-0.1, -0.05) is 0 Å². The number of halogens is 2. The Labute approximate surface area is 110 Å². The van der Waals surface area contributed by atoms with Crippen molar-refractivity contribution in [3.63, 3.8) is 0 Å². The van der Waals surface area contributed by atoms with E-state index in [0.29, 0.717) is 19.2 Å². The van der Waals surface area contributed by atoms with Gasteiger partial charge in [-0.2, -0.15) is 4.31 Å². The van der Waals surface area contributed by atoms with E-state index in [0.717, 1.165) is 12.1 Å². The number of sulfonamides is 1. The van der Waals surface area contributed by atoms with Gasteiger partial charge >= 0.3 is 0 Å². The van der Waals surface area contributed by atoms with Crippen LogP contribution in [0.15, 0.2) is 23.1 Å². The van der Waals surface area contributed by atoms with Crippen LogP contribution < -0.4 is 11.1 Å². The zero-order valence-corrected chi connectivity index (χ0v) is 11.0. The van der Waals surface area contributed by atoms with Crippen LogP contribution in [0.4, 0.5) is 8.78 Å². The van der Waals surface area contributed by atoms with Crippen molar-refractivity contribution in [3.8, 4) is 0 Å². The highest BCUT2D eigenvalue weighted by Crippen LogP contribution is 2.22.